The fourth-order valence-corrected chi connectivity index (χ4v) is 2.45. The highest BCUT2D eigenvalue weighted by Gasteiger charge is 2.26. The van der Waals surface area contributed by atoms with Gasteiger partial charge in [0, 0.05) is 5.56 Å². The Labute approximate surface area is 158 Å². The van der Waals surface area contributed by atoms with Crippen molar-refractivity contribution < 1.29 is 18.8 Å². The average Bonchev–Trinajstić information content (AvgIpc) is 3.22. The predicted molar refractivity (Wildman–Crippen MR) is 101 cm³/mol. The quantitative estimate of drug-likeness (QED) is 0.626. The van der Waals surface area contributed by atoms with Crippen molar-refractivity contribution in [1.29, 1.82) is 0 Å². The molecule has 3 N–H and O–H groups in total. The fourth-order valence-electron chi connectivity index (χ4n) is 2.45. The Morgan fingerprint density at radius 1 is 1.04 bits per heavy atom. The number of benzene rings is 1. The summed E-state index contributed by atoms with van der Waals surface area (Å²) in [4.78, 5) is 36.8. The summed E-state index contributed by atoms with van der Waals surface area (Å²) in [6.45, 7) is 3.90. The minimum atomic E-state index is -0.722. The zero-order chi connectivity index (χ0) is 19.6. The molecule has 0 saturated carbocycles. The largest absolute Gasteiger partial charge is 0.467 e. The average molecular weight is 371 g/mol. The maximum absolute atomic E-state index is 12.5. The van der Waals surface area contributed by atoms with Gasteiger partial charge in [-0.1, -0.05) is 38.5 Å². The summed E-state index contributed by atoms with van der Waals surface area (Å²) in [5, 5.41) is 8.01. The summed E-state index contributed by atoms with van der Waals surface area (Å²) < 4.78 is 5.13. The molecule has 0 radical (unpaired) electrons. The van der Waals surface area contributed by atoms with E-state index in [9.17, 15) is 14.4 Å². The fraction of sp³-hybridized carbons (Fsp3) is 0.350. The molecule has 0 aliphatic rings. The normalized spacial score (nSPS) is 12.7. The van der Waals surface area contributed by atoms with Crippen LogP contribution in [-0.2, 0) is 16.1 Å². The van der Waals surface area contributed by atoms with Gasteiger partial charge in [0.05, 0.1) is 19.4 Å². The minimum Gasteiger partial charge on any atom is -0.467 e. The van der Waals surface area contributed by atoms with Crippen LogP contribution in [0.3, 0.4) is 0 Å². The van der Waals surface area contributed by atoms with Gasteiger partial charge in [-0.3, -0.25) is 14.4 Å². The first-order chi connectivity index (χ1) is 13.0. The molecule has 1 heterocycles. The van der Waals surface area contributed by atoms with E-state index in [1.807, 2.05) is 19.9 Å². The summed E-state index contributed by atoms with van der Waals surface area (Å²) in [5.41, 5.74) is 0.481. The molecule has 2 aromatic rings. The van der Waals surface area contributed by atoms with Gasteiger partial charge in [-0.05, 0) is 30.2 Å². The lowest BCUT2D eigenvalue weighted by Crippen LogP contribution is -2.51. The van der Waals surface area contributed by atoms with E-state index in [0.717, 1.165) is 0 Å². The molecule has 144 valence electrons. The number of amides is 3. The van der Waals surface area contributed by atoms with E-state index in [2.05, 4.69) is 16.0 Å². The van der Waals surface area contributed by atoms with Gasteiger partial charge in [-0.2, -0.15) is 0 Å². The first-order valence-corrected chi connectivity index (χ1v) is 8.94. The molecule has 0 saturated heterocycles. The highest BCUT2D eigenvalue weighted by molar-refractivity contribution is 5.98. The van der Waals surface area contributed by atoms with E-state index in [0.29, 0.717) is 17.7 Å². The van der Waals surface area contributed by atoms with Crippen molar-refractivity contribution in [3.8, 4) is 0 Å². The van der Waals surface area contributed by atoms with Crippen molar-refractivity contribution in [1.82, 2.24) is 16.0 Å². The molecule has 0 bridgehead atoms. The van der Waals surface area contributed by atoms with E-state index in [4.69, 9.17) is 4.42 Å². The maximum Gasteiger partial charge on any atom is 0.251 e. The van der Waals surface area contributed by atoms with Gasteiger partial charge in [-0.15, -0.1) is 0 Å². The third kappa shape index (κ3) is 6.29. The second kappa shape index (κ2) is 10.2. The Bertz CT molecular complexity index is 744. The number of nitrogens with one attached hydrogen (secondary N) is 3. The van der Waals surface area contributed by atoms with Crippen LogP contribution >= 0.6 is 0 Å². The molecule has 7 heteroatoms. The van der Waals surface area contributed by atoms with E-state index < -0.39 is 6.04 Å². The van der Waals surface area contributed by atoms with E-state index >= 15 is 0 Å². The van der Waals surface area contributed by atoms with Gasteiger partial charge >= 0.3 is 0 Å². The van der Waals surface area contributed by atoms with Crippen molar-refractivity contribution in [2.75, 3.05) is 6.54 Å². The molecule has 2 atom stereocenters. The minimum absolute atomic E-state index is 0.0798. The van der Waals surface area contributed by atoms with Crippen molar-refractivity contribution in [2.45, 2.75) is 32.9 Å². The van der Waals surface area contributed by atoms with Crippen LogP contribution in [-0.4, -0.2) is 30.3 Å². The topological polar surface area (TPSA) is 100 Å². The van der Waals surface area contributed by atoms with Gasteiger partial charge in [0.15, 0.2) is 0 Å². The molecular weight excluding hydrogens is 346 g/mol. The summed E-state index contributed by atoms with van der Waals surface area (Å²) in [6.07, 6.45) is 2.23. The number of carbonyl (C=O) groups excluding carboxylic acids is 3. The zero-order valence-corrected chi connectivity index (χ0v) is 15.5. The molecule has 1 aromatic carbocycles. The molecular formula is C20H25N3O4. The van der Waals surface area contributed by atoms with Crippen LogP contribution in [0.2, 0.25) is 0 Å². The van der Waals surface area contributed by atoms with Crippen LogP contribution in [0.15, 0.2) is 53.1 Å². The van der Waals surface area contributed by atoms with Crippen molar-refractivity contribution in [3.05, 3.63) is 60.1 Å². The Kier molecular flexibility index (Phi) is 7.61. The van der Waals surface area contributed by atoms with Gasteiger partial charge in [-0.25, -0.2) is 0 Å². The summed E-state index contributed by atoms with van der Waals surface area (Å²) in [6, 6.07) is 11.5. The van der Waals surface area contributed by atoms with Gasteiger partial charge in [0.2, 0.25) is 11.8 Å². The molecule has 0 fully saturated rings. The Morgan fingerprint density at radius 3 is 2.41 bits per heavy atom. The summed E-state index contributed by atoms with van der Waals surface area (Å²) in [7, 11) is 0. The number of hydrogen-bond acceptors (Lipinski definition) is 4. The van der Waals surface area contributed by atoms with Crippen LogP contribution in [0.25, 0.3) is 0 Å². The van der Waals surface area contributed by atoms with Crippen LogP contribution in [0, 0.1) is 5.92 Å². The number of rotatable bonds is 9. The monoisotopic (exact) mass is 371 g/mol. The highest BCUT2D eigenvalue weighted by atomic mass is 16.3. The van der Waals surface area contributed by atoms with E-state index in [1.165, 1.54) is 6.26 Å². The SMILES string of the molecule is CC[C@H](C)[C@H](NC(=O)c1ccccc1)C(=O)NCC(=O)NCc1ccco1. The van der Waals surface area contributed by atoms with Crippen LogP contribution in [0.1, 0.15) is 36.4 Å². The molecule has 0 spiro atoms. The van der Waals surface area contributed by atoms with Crippen LogP contribution in [0.4, 0.5) is 0 Å². The van der Waals surface area contributed by atoms with Crippen molar-refractivity contribution in [3.63, 3.8) is 0 Å². The van der Waals surface area contributed by atoms with Gasteiger partial charge in [0.25, 0.3) is 5.91 Å². The van der Waals surface area contributed by atoms with Crippen molar-refractivity contribution >= 4 is 17.7 Å². The molecule has 27 heavy (non-hydrogen) atoms. The van der Waals surface area contributed by atoms with Crippen molar-refractivity contribution in [2.24, 2.45) is 5.92 Å². The third-order valence-electron chi connectivity index (χ3n) is 4.28. The second-order valence-corrected chi connectivity index (χ2v) is 6.28. The molecule has 7 nitrogen and oxygen atoms in total. The Morgan fingerprint density at radius 2 is 1.78 bits per heavy atom. The highest BCUT2D eigenvalue weighted by Crippen LogP contribution is 2.09. The standard InChI is InChI=1S/C20H25N3O4/c1-3-14(2)18(23-19(25)15-8-5-4-6-9-15)20(26)22-13-17(24)21-12-16-10-7-11-27-16/h4-11,14,18H,3,12-13H2,1-2H3,(H,21,24)(H,22,26)(H,23,25)/t14-,18-/m0/s1. The second-order valence-electron chi connectivity index (χ2n) is 6.28. The number of carbonyl (C=O) groups is 3. The molecule has 0 unspecified atom stereocenters. The lowest BCUT2D eigenvalue weighted by atomic mass is 9.98. The Balaban J connectivity index is 1.88. The lowest BCUT2D eigenvalue weighted by molar-refractivity contribution is -0.128. The van der Waals surface area contributed by atoms with E-state index in [-0.39, 0.29) is 36.7 Å². The van der Waals surface area contributed by atoms with E-state index in [1.54, 1.807) is 36.4 Å². The summed E-state index contributed by atoms with van der Waals surface area (Å²) in [5.74, 6) is -0.497. The molecule has 3 amide bonds. The van der Waals surface area contributed by atoms with Gasteiger partial charge < -0.3 is 20.4 Å². The summed E-state index contributed by atoms with van der Waals surface area (Å²) >= 11 is 0. The van der Waals surface area contributed by atoms with Crippen LogP contribution < -0.4 is 16.0 Å². The maximum atomic E-state index is 12.5. The molecule has 2 rings (SSSR count). The molecule has 0 aliphatic heterocycles. The third-order valence-corrected chi connectivity index (χ3v) is 4.28. The Hall–Kier alpha value is -3.09. The van der Waals surface area contributed by atoms with Gasteiger partial charge in [0.1, 0.15) is 11.8 Å². The molecule has 1 aromatic heterocycles. The first kappa shape index (κ1) is 20.2. The smallest absolute Gasteiger partial charge is 0.251 e. The number of hydrogen-bond donors (Lipinski definition) is 3. The number of furan rings is 1. The molecule has 0 aliphatic carbocycles. The first-order valence-electron chi connectivity index (χ1n) is 8.94. The zero-order valence-electron chi connectivity index (χ0n) is 15.5. The lowest BCUT2D eigenvalue weighted by Gasteiger charge is -2.23. The predicted octanol–water partition coefficient (Wildman–Crippen LogP) is 1.86. The van der Waals surface area contributed by atoms with Crippen LogP contribution in [0.5, 0.6) is 0 Å².